The molecule has 0 spiro atoms. The third kappa shape index (κ3) is 5.48. The fourth-order valence-corrected chi connectivity index (χ4v) is 3.31. The van der Waals surface area contributed by atoms with Crippen molar-refractivity contribution < 1.29 is 19.0 Å². The Balaban J connectivity index is 1.51. The van der Waals surface area contributed by atoms with E-state index in [2.05, 4.69) is 4.98 Å². The quantitative estimate of drug-likeness (QED) is 0.563. The van der Waals surface area contributed by atoms with Gasteiger partial charge in [-0.15, -0.1) is 0 Å². The summed E-state index contributed by atoms with van der Waals surface area (Å²) in [6.07, 6.45) is 2.75. The van der Waals surface area contributed by atoms with Crippen molar-refractivity contribution in [2.75, 3.05) is 19.0 Å². The lowest BCUT2D eigenvalue weighted by atomic mass is 10.3. The van der Waals surface area contributed by atoms with Crippen LogP contribution in [0.5, 0.6) is 11.5 Å². The van der Waals surface area contributed by atoms with Gasteiger partial charge in [0.05, 0.1) is 18.4 Å². The number of aliphatic hydroxyl groups excluding tert-OH is 1. The molecule has 3 rings (SSSR count). The summed E-state index contributed by atoms with van der Waals surface area (Å²) in [4.78, 5) is 4.28. The topological polar surface area (TPSA) is 56.5 Å². The first-order valence-electron chi connectivity index (χ1n) is 8.61. The molecule has 3 aromatic rings. The molecule has 0 radical (unpaired) electrons. The van der Waals surface area contributed by atoms with Crippen molar-refractivity contribution >= 4 is 11.8 Å². The summed E-state index contributed by atoms with van der Waals surface area (Å²) in [6, 6.07) is 13.6. The van der Waals surface area contributed by atoms with Gasteiger partial charge in [-0.2, -0.15) is 0 Å². The average molecular weight is 388 g/mol. The van der Waals surface area contributed by atoms with Gasteiger partial charge in [0.1, 0.15) is 23.9 Å². The van der Waals surface area contributed by atoms with Crippen molar-refractivity contribution in [3.8, 4) is 17.2 Å². The molecule has 0 saturated heterocycles. The largest absolute Gasteiger partial charge is 0.494 e. The molecule has 1 unspecified atom stereocenters. The maximum absolute atomic E-state index is 13.4. The van der Waals surface area contributed by atoms with E-state index in [1.165, 1.54) is 23.9 Å². The molecule has 0 aliphatic rings. The average Bonchev–Trinajstić information content (AvgIpc) is 3.15. The van der Waals surface area contributed by atoms with Crippen molar-refractivity contribution in [2.24, 2.45) is 0 Å². The summed E-state index contributed by atoms with van der Waals surface area (Å²) in [5, 5.41) is 10.9. The predicted octanol–water partition coefficient (Wildman–Crippen LogP) is 3.94. The number of aliphatic hydroxyl groups is 1. The van der Waals surface area contributed by atoms with Gasteiger partial charge < -0.3 is 14.6 Å². The molecular weight excluding hydrogens is 367 g/mol. The molecule has 7 heteroatoms. The molecule has 0 fully saturated rings. The Bertz CT molecular complexity index is 854. The zero-order valence-corrected chi connectivity index (χ0v) is 15.7. The van der Waals surface area contributed by atoms with Crippen LogP contribution in [0.3, 0.4) is 0 Å². The minimum Gasteiger partial charge on any atom is -0.494 e. The first-order chi connectivity index (χ1) is 13.2. The van der Waals surface area contributed by atoms with E-state index in [1.54, 1.807) is 29.1 Å². The van der Waals surface area contributed by atoms with Crippen LogP contribution in [0.1, 0.15) is 6.92 Å². The Labute approximate surface area is 161 Å². The van der Waals surface area contributed by atoms with Gasteiger partial charge in [0.15, 0.2) is 5.16 Å². The third-order valence-electron chi connectivity index (χ3n) is 3.68. The van der Waals surface area contributed by atoms with Crippen molar-refractivity contribution in [1.29, 1.82) is 0 Å². The van der Waals surface area contributed by atoms with Crippen LogP contribution in [0.15, 0.2) is 66.1 Å². The maximum atomic E-state index is 13.4. The summed E-state index contributed by atoms with van der Waals surface area (Å²) >= 11 is 1.39. The van der Waals surface area contributed by atoms with Gasteiger partial charge in [0.25, 0.3) is 0 Å². The van der Waals surface area contributed by atoms with Crippen molar-refractivity contribution in [3.05, 3.63) is 66.7 Å². The summed E-state index contributed by atoms with van der Waals surface area (Å²) in [5.41, 5.74) is 0.690. The highest BCUT2D eigenvalue weighted by Gasteiger charge is 2.11. The molecule has 2 aromatic carbocycles. The van der Waals surface area contributed by atoms with Gasteiger partial charge >= 0.3 is 0 Å². The molecular formula is C20H21FN2O3S. The summed E-state index contributed by atoms with van der Waals surface area (Å²) < 4.78 is 26.2. The van der Waals surface area contributed by atoms with Gasteiger partial charge in [-0.3, -0.25) is 4.57 Å². The van der Waals surface area contributed by atoms with Crippen LogP contribution in [0.25, 0.3) is 5.69 Å². The molecule has 1 aromatic heterocycles. The summed E-state index contributed by atoms with van der Waals surface area (Å²) in [6.45, 7) is 2.71. The molecule has 142 valence electrons. The normalized spacial score (nSPS) is 12.0. The predicted molar refractivity (Wildman–Crippen MR) is 103 cm³/mol. The highest BCUT2D eigenvalue weighted by Crippen LogP contribution is 2.22. The molecule has 0 aliphatic carbocycles. The minimum absolute atomic E-state index is 0.168. The van der Waals surface area contributed by atoms with E-state index in [-0.39, 0.29) is 12.4 Å². The van der Waals surface area contributed by atoms with E-state index in [0.29, 0.717) is 29.0 Å². The number of hydrogen-bond acceptors (Lipinski definition) is 5. The highest BCUT2D eigenvalue weighted by molar-refractivity contribution is 7.99. The number of nitrogens with zero attached hydrogens (tertiary/aromatic N) is 2. The number of halogens is 1. The number of benzene rings is 2. The van der Waals surface area contributed by atoms with Gasteiger partial charge in [-0.05, 0) is 49.4 Å². The Morgan fingerprint density at radius 2 is 1.89 bits per heavy atom. The lowest BCUT2D eigenvalue weighted by molar-refractivity contribution is 0.126. The molecule has 1 heterocycles. The van der Waals surface area contributed by atoms with E-state index in [4.69, 9.17) is 9.47 Å². The SMILES string of the molecule is CCOc1ccc(OCC(O)CSc2nccn2-c2cccc(F)c2)cc1. The fraction of sp³-hybridized carbons (Fsp3) is 0.250. The van der Waals surface area contributed by atoms with Crippen LogP contribution in [-0.2, 0) is 0 Å². The lowest BCUT2D eigenvalue weighted by Crippen LogP contribution is -2.20. The van der Waals surface area contributed by atoms with Crippen molar-refractivity contribution in [2.45, 2.75) is 18.2 Å². The number of thioether (sulfide) groups is 1. The number of rotatable bonds is 9. The molecule has 1 atom stereocenters. The van der Waals surface area contributed by atoms with Gasteiger partial charge in [0, 0.05) is 18.1 Å². The Morgan fingerprint density at radius 1 is 1.15 bits per heavy atom. The fourth-order valence-electron chi connectivity index (χ4n) is 2.43. The van der Waals surface area contributed by atoms with Crippen LogP contribution in [0, 0.1) is 5.82 Å². The smallest absolute Gasteiger partial charge is 0.172 e. The Morgan fingerprint density at radius 3 is 2.59 bits per heavy atom. The molecule has 0 saturated carbocycles. The molecule has 27 heavy (non-hydrogen) atoms. The van der Waals surface area contributed by atoms with Gasteiger partial charge in [-0.1, -0.05) is 17.8 Å². The first kappa shape index (κ1) is 19.3. The van der Waals surface area contributed by atoms with Crippen LogP contribution >= 0.6 is 11.8 Å². The molecule has 1 N–H and O–H groups in total. The molecule has 5 nitrogen and oxygen atoms in total. The maximum Gasteiger partial charge on any atom is 0.172 e. The van der Waals surface area contributed by atoms with Crippen LogP contribution in [-0.4, -0.2) is 39.7 Å². The van der Waals surface area contributed by atoms with Crippen LogP contribution in [0.2, 0.25) is 0 Å². The first-order valence-corrected chi connectivity index (χ1v) is 9.60. The molecule has 0 bridgehead atoms. The van der Waals surface area contributed by atoms with E-state index in [0.717, 1.165) is 5.75 Å². The number of aromatic nitrogens is 2. The van der Waals surface area contributed by atoms with Crippen LogP contribution < -0.4 is 9.47 Å². The second-order valence-electron chi connectivity index (χ2n) is 5.74. The van der Waals surface area contributed by atoms with Crippen LogP contribution in [0.4, 0.5) is 4.39 Å². The van der Waals surface area contributed by atoms with E-state index in [9.17, 15) is 9.50 Å². The van der Waals surface area contributed by atoms with Gasteiger partial charge in [-0.25, -0.2) is 9.37 Å². The van der Waals surface area contributed by atoms with Gasteiger partial charge in [0.2, 0.25) is 0 Å². The molecule has 0 aliphatic heterocycles. The Kier molecular flexibility index (Phi) is 6.73. The monoisotopic (exact) mass is 388 g/mol. The lowest BCUT2D eigenvalue weighted by Gasteiger charge is -2.13. The van der Waals surface area contributed by atoms with E-state index in [1.807, 2.05) is 31.2 Å². The number of imidazole rings is 1. The van der Waals surface area contributed by atoms with Crippen molar-refractivity contribution in [1.82, 2.24) is 9.55 Å². The Hall–Kier alpha value is -2.51. The highest BCUT2D eigenvalue weighted by atomic mass is 32.2. The third-order valence-corrected chi connectivity index (χ3v) is 4.79. The zero-order valence-electron chi connectivity index (χ0n) is 14.9. The standard InChI is InChI=1S/C20H21FN2O3S/c1-2-25-18-6-8-19(9-7-18)26-13-17(24)14-27-20-22-10-11-23(20)16-5-3-4-15(21)12-16/h3-12,17,24H,2,13-14H2,1H3. The van der Waals surface area contributed by atoms with E-state index < -0.39 is 6.10 Å². The van der Waals surface area contributed by atoms with Crippen molar-refractivity contribution in [3.63, 3.8) is 0 Å². The molecule has 0 amide bonds. The minimum atomic E-state index is -0.667. The number of ether oxygens (including phenoxy) is 2. The number of hydrogen-bond donors (Lipinski definition) is 1. The second-order valence-corrected chi connectivity index (χ2v) is 6.73. The zero-order chi connectivity index (χ0) is 19.1. The van der Waals surface area contributed by atoms with E-state index >= 15 is 0 Å². The summed E-state index contributed by atoms with van der Waals surface area (Å²) in [7, 11) is 0. The summed E-state index contributed by atoms with van der Waals surface area (Å²) in [5.74, 6) is 1.55. The second kappa shape index (κ2) is 9.43.